The zero-order valence-corrected chi connectivity index (χ0v) is 12.9. The van der Waals surface area contributed by atoms with Crippen LogP contribution in [0.25, 0.3) is 17.0 Å². The van der Waals surface area contributed by atoms with E-state index in [1.807, 2.05) is 0 Å². The van der Waals surface area contributed by atoms with Gasteiger partial charge in [-0.2, -0.15) is 0 Å². The van der Waals surface area contributed by atoms with E-state index in [1.54, 1.807) is 12.1 Å². The number of pyridine rings is 1. The van der Waals surface area contributed by atoms with Gasteiger partial charge in [0.25, 0.3) is 0 Å². The molecule has 0 radical (unpaired) electrons. The molecule has 0 fully saturated rings. The maximum absolute atomic E-state index is 12.0. The summed E-state index contributed by atoms with van der Waals surface area (Å²) in [5, 5.41) is 22.3. The van der Waals surface area contributed by atoms with E-state index in [2.05, 4.69) is 4.98 Å². The van der Waals surface area contributed by atoms with Crippen LogP contribution in [-0.2, 0) is 4.79 Å². The number of rotatable bonds is 5. The van der Waals surface area contributed by atoms with E-state index < -0.39 is 27.4 Å². The average Bonchev–Trinajstić information content (AvgIpc) is 3.09. The quantitative estimate of drug-likeness (QED) is 0.223. The SMILES string of the molecule is O=C(/C=C/c1ccc([N+](=O)[O-])o1)Oc1c([N+](=O)[O-])ccc2cccnc12. The van der Waals surface area contributed by atoms with Gasteiger partial charge < -0.3 is 9.15 Å². The van der Waals surface area contributed by atoms with Crippen molar-refractivity contribution < 1.29 is 23.8 Å². The Hall–Kier alpha value is -4.08. The van der Waals surface area contributed by atoms with Gasteiger partial charge in [-0.15, -0.1) is 0 Å². The van der Waals surface area contributed by atoms with Gasteiger partial charge in [-0.05, 0) is 24.3 Å². The molecule has 0 aliphatic heterocycles. The smallest absolute Gasteiger partial charge is 0.414 e. The third kappa shape index (κ3) is 3.38. The zero-order chi connectivity index (χ0) is 18.7. The molecule has 0 bridgehead atoms. The van der Waals surface area contributed by atoms with Crippen molar-refractivity contribution in [3.05, 3.63) is 74.7 Å². The number of fused-ring (bicyclic) bond motifs is 1. The summed E-state index contributed by atoms with van der Waals surface area (Å²) in [5.41, 5.74) is -0.247. The van der Waals surface area contributed by atoms with Crippen LogP contribution in [-0.4, -0.2) is 20.8 Å². The molecule has 10 nitrogen and oxygen atoms in total. The molecular formula is C16H9N3O7. The minimum absolute atomic E-state index is 0.0548. The van der Waals surface area contributed by atoms with Crippen molar-refractivity contribution in [3.63, 3.8) is 0 Å². The molecule has 2 aromatic heterocycles. The van der Waals surface area contributed by atoms with Crippen molar-refractivity contribution in [2.45, 2.75) is 0 Å². The summed E-state index contributed by atoms with van der Waals surface area (Å²) in [6.07, 6.45) is 3.51. The van der Waals surface area contributed by atoms with Crippen molar-refractivity contribution in [2.24, 2.45) is 0 Å². The number of aromatic nitrogens is 1. The van der Waals surface area contributed by atoms with E-state index in [-0.39, 0.29) is 17.0 Å². The molecule has 2 heterocycles. The predicted molar refractivity (Wildman–Crippen MR) is 88.4 cm³/mol. The Balaban J connectivity index is 1.88. The molecule has 3 aromatic rings. The average molecular weight is 355 g/mol. The first kappa shape index (κ1) is 16.8. The van der Waals surface area contributed by atoms with Gasteiger partial charge in [-0.1, -0.05) is 6.07 Å². The maximum atomic E-state index is 12.0. The lowest BCUT2D eigenvalue weighted by Crippen LogP contribution is -2.06. The van der Waals surface area contributed by atoms with Crippen LogP contribution in [0.5, 0.6) is 5.75 Å². The van der Waals surface area contributed by atoms with Crippen LogP contribution in [0.15, 0.2) is 53.1 Å². The number of hydrogen-bond acceptors (Lipinski definition) is 8. The minimum Gasteiger partial charge on any atom is -0.414 e. The molecule has 10 heteroatoms. The van der Waals surface area contributed by atoms with Gasteiger partial charge in [0.15, 0.2) is 0 Å². The van der Waals surface area contributed by atoms with E-state index in [0.717, 1.165) is 18.2 Å². The topological polar surface area (TPSA) is 139 Å². The number of esters is 1. The summed E-state index contributed by atoms with van der Waals surface area (Å²) >= 11 is 0. The van der Waals surface area contributed by atoms with E-state index >= 15 is 0 Å². The highest BCUT2D eigenvalue weighted by molar-refractivity contribution is 5.94. The van der Waals surface area contributed by atoms with Gasteiger partial charge in [-0.3, -0.25) is 25.2 Å². The molecule has 0 amide bonds. The molecule has 0 saturated heterocycles. The Kier molecular flexibility index (Phi) is 4.39. The zero-order valence-electron chi connectivity index (χ0n) is 12.9. The fraction of sp³-hybridized carbons (Fsp3) is 0. The lowest BCUT2D eigenvalue weighted by atomic mass is 10.2. The Morgan fingerprint density at radius 1 is 1.12 bits per heavy atom. The number of ether oxygens (including phenoxy) is 1. The summed E-state index contributed by atoms with van der Waals surface area (Å²) in [7, 11) is 0. The maximum Gasteiger partial charge on any atom is 0.433 e. The van der Waals surface area contributed by atoms with Gasteiger partial charge >= 0.3 is 17.5 Å². The summed E-state index contributed by atoms with van der Waals surface area (Å²) in [6, 6.07) is 8.45. The highest BCUT2D eigenvalue weighted by Crippen LogP contribution is 2.34. The molecule has 0 atom stereocenters. The van der Waals surface area contributed by atoms with Crippen LogP contribution in [0, 0.1) is 20.2 Å². The third-order valence-electron chi connectivity index (χ3n) is 3.28. The van der Waals surface area contributed by atoms with Crippen LogP contribution >= 0.6 is 0 Å². The number of nitrogens with zero attached hydrogens (tertiary/aromatic N) is 3. The molecule has 0 aliphatic rings. The molecule has 3 rings (SSSR count). The van der Waals surface area contributed by atoms with Crippen molar-refractivity contribution in [3.8, 4) is 5.75 Å². The molecular weight excluding hydrogens is 346 g/mol. The molecule has 0 saturated carbocycles. The molecule has 0 aliphatic carbocycles. The summed E-state index contributed by atoms with van der Waals surface area (Å²) in [6.45, 7) is 0. The summed E-state index contributed by atoms with van der Waals surface area (Å²) in [4.78, 5) is 36.4. The number of hydrogen-bond donors (Lipinski definition) is 0. The summed E-state index contributed by atoms with van der Waals surface area (Å²) < 4.78 is 9.95. The molecule has 1 aromatic carbocycles. The highest BCUT2D eigenvalue weighted by atomic mass is 16.6. The first-order valence-corrected chi connectivity index (χ1v) is 7.12. The Morgan fingerprint density at radius 2 is 1.92 bits per heavy atom. The number of benzene rings is 1. The Bertz CT molecular complexity index is 1050. The van der Waals surface area contributed by atoms with Gasteiger partial charge in [0, 0.05) is 23.7 Å². The van der Waals surface area contributed by atoms with Crippen molar-refractivity contribution >= 4 is 34.5 Å². The van der Waals surface area contributed by atoms with Crippen molar-refractivity contribution in [2.75, 3.05) is 0 Å². The van der Waals surface area contributed by atoms with Crippen LogP contribution in [0.1, 0.15) is 5.76 Å². The Morgan fingerprint density at radius 3 is 2.62 bits per heavy atom. The first-order valence-electron chi connectivity index (χ1n) is 7.12. The molecule has 0 N–H and O–H groups in total. The van der Waals surface area contributed by atoms with E-state index in [4.69, 9.17) is 9.15 Å². The fourth-order valence-corrected chi connectivity index (χ4v) is 2.17. The van der Waals surface area contributed by atoms with Gasteiger partial charge in [0.1, 0.15) is 16.2 Å². The molecule has 130 valence electrons. The van der Waals surface area contributed by atoms with Gasteiger partial charge in [0.2, 0.25) is 5.75 Å². The highest BCUT2D eigenvalue weighted by Gasteiger charge is 2.21. The van der Waals surface area contributed by atoms with Gasteiger partial charge in [-0.25, -0.2) is 4.79 Å². The minimum atomic E-state index is -0.926. The second-order valence-electron chi connectivity index (χ2n) is 4.93. The normalized spacial score (nSPS) is 10.9. The van der Waals surface area contributed by atoms with Crippen LogP contribution in [0.4, 0.5) is 11.6 Å². The first-order chi connectivity index (χ1) is 12.5. The predicted octanol–water partition coefficient (Wildman–Crippen LogP) is 3.26. The van der Waals surface area contributed by atoms with Crippen LogP contribution in [0.2, 0.25) is 0 Å². The van der Waals surface area contributed by atoms with E-state index in [9.17, 15) is 25.0 Å². The van der Waals surface area contributed by atoms with Crippen LogP contribution < -0.4 is 4.74 Å². The second kappa shape index (κ2) is 6.81. The number of furan rings is 1. The largest absolute Gasteiger partial charge is 0.433 e. The lowest BCUT2D eigenvalue weighted by Gasteiger charge is -2.06. The molecule has 0 spiro atoms. The van der Waals surface area contributed by atoms with Gasteiger partial charge in [0.05, 0.1) is 11.0 Å². The van der Waals surface area contributed by atoms with E-state index in [1.165, 1.54) is 24.4 Å². The standard InChI is InChI=1S/C16H9N3O7/c20-14(8-5-11-4-7-13(25-11)19(23)24)26-16-12(18(21)22)6-3-10-2-1-9-17-15(10)16/h1-9H/b8-5+. The van der Waals surface area contributed by atoms with Crippen LogP contribution in [0.3, 0.4) is 0 Å². The number of nitro groups is 2. The Labute approximate surface area is 144 Å². The van der Waals surface area contributed by atoms with E-state index in [0.29, 0.717) is 5.39 Å². The molecule has 26 heavy (non-hydrogen) atoms. The number of carbonyl (C=O) groups is 1. The lowest BCUT2D eigenvalue weighted by molar-refractivity contribution is -0.402. The monoisotopic (exact) mass is 355 g/mol. The fourth-order valence-electron chi connectivity index (χ4n) is 2.17. The number of carbonyl (C=O) groups excluding carboxylic acids is 1. The second-order valence-corrected chi connectivity index (χ2v) is 4.93. The molecule has 0 unspecified atom stereocenters. The van der Waals surface area contributed by atoms with Crippen molar-refractivity contribution in [1.29, 1.82) is 0 Å². The number of nitro benzene ring substituents is 1. The summed E-state index contributed by atoms with van der Waals surface area (Å²) in [5.74, 6) is -1.63. The third-order valence-corrected chi connectivity index (χ3v) is 3.28. The van der Waals surface area contributed by atoms with Crippen molar-refractivity contribution in [1.82, 2.24) is 4.98 Å².